The number of benzene rings is 4. The summed E-state index contributed by atoms with van der Waals surface area (Å²) < 4.78 is 1.42. The van der Waals surface area contributed by atoms with Gasteiger partial charge >= 0.3 is 99.2 Å². The average molecular weight is 558 g/mol. The van der Waals surface area contributed by atoms with Gasteiger partial charge in [0.25, 0.3) is 0 Å². The quantitative estimate of drug-likeness (QED) is 0.190. The van der Waals surface area contributed by atoms with Crippen LogP contribution in [0.1, 0.15) is 49.4 Å². The van der Waals surface area contributed by atoms with Gasteiger partial charge in [-0.05, 0) is 13.8 Å². The molecule has 0 aromatic heterocycles. The predicted octanol–water partition coefficient (Wildman–Crippen LogP) is 9.61. The maximum absolute atomic E-state index is 3.26. The Kier molecular flexibility index (Phi) is 9.12. The second-order valence-corrected chi connectivity index (χ2v) is 11.0. The SMILES string of the molecule is CC1=[C-]CC(C)=C1C.Cc1ccc2c(c1)[cH-]c1cc(C)ccc12.[Zr+2]=[C](c1ccccc1)c1ccccc1. The molecule has 0 amide bonds. The molecule has 0 spiro atoms. The van der Waals surface area contributed by atoms with E-state index in [1.807, 2.05) is 0 Å². The van der Waals surface area contributed by atoms with Crippen molar-refractivity contribution in [2.45, 2.75) is 41.0 Å². The van der Waals surface area contributed by atoms with E-state index in [0.29, 0.717) is 0 Å². The van der Waals surface area contributed by atoms with E-state index >= 15 is 0 Å². The van der Waals surface area contributed by atoms with Crippen molar-refractivity contribution in [1.82, 2.24) is 0 Å². The van der Waals surface area contributed by atoms with Gasteiger partial charge in [-0.1, -0.05) is 49.2 Å². The molecule has 5 aromatic rings. The summed E-state index contributed by atoms with van der Waals surface area (Å²) in [5, 5.41) is 5.46. The Morgan fingerprint density at radius 1 is 0.649 bits per heavy atom. The standard InChI is InChI=1S/C15H13.C13H10.C8H11.Zr/c1-10-3-5-14-12(7-10)9-13-8-11(2)4-6-15(13)14;1-3-7-12(8-4-1)11-13-9-5-2-6-10-13;1-6-4-5-7(2)8(6)3;/h3-9H,1-2H3;1-10H;4H2,1-3H3;/q-1;;-1;+2. The molecule has 1 aliphatic carbocycles. The first kappa shape index (κ1) is 27.0. The summed E-state index contributed by atoms with van der Waals surface area (Å²) in [6.07, 6.45) is 4.31. The molecule has 0 heterocycles. The molecule has 1 heteroatoms. The van der Waals surface area contributed by atoms with Crippen molar-refractivity contribution in [3.63, 3.8) is 0 Å². The summed E-state index contributed by atoms with van der Waals surface area (Å²) in [5.74, 6) is 0. The minimum absolute atomic E-state index is 1.05. The van der Waals surface area contributed by atoms with E-state index in [2.05, 4.69) is 144 Å². The molecule has 0 saturated heterocycles. The third-order valence-electron chi connectivity index (χ3n) is 6.96. The Bertz CT molecular complexity index is 1470. The van der Waals surface area contributed by atoms with Crippen LogP contribution >= 0.6 is 0 Å². The zero-order valence-corrected chi connectivity index (χ0v) is 25.0. The molecular weight excluding hydrogens is 524 g/mol. The monoisotopic (exact) mass is 556 g/mol. The topological polar surface area (TPSA) is 0 Å². The van der Waals surface area contributed by atoms with Gasteiger partial charge in [0.15, 0.2) is 0 Å². The summed E-state index contributed by atoms with van der Waals surface area (Å²) in [6.45, 7) is 10.7. The van der Waals surface area contributed by atoms with Crippen LogP contribution < -0.4 is 0 Å². The van der Waals surface area contributed by atoms with E-state index in [1.54, 1.807) is 0 Å². The summed E-state index contributed by atoms with van der Waals surface area (Å²) >= 11 is 1.46. The van der Waals surface area contributed by atoms with E-state index in [1.165, 1.54) is 88.0 Å². The number of hydrogen-bond donors (Lipinski definition) is 0. The van der Waals surface area contributed by atoms with E-state index in [0.717, 1.165) is 6.42 Å². The van der Waals surface area contributed by atoms with Gasteiger partial charge in [-0.25, -0.2) is 5.57 Å². The number of aryl methyl sites for hydroxylation is 2. The van der Waals surface area contributed by atoms with E-state index in [4.69, 9.17) is 0 Å². The van der Waals surface area contributed by atoms with E-state index in [9.17, 15) is 0 Å². The van der Waals surface area contributed by atoms with Crippen LogP contribution in [0.2, 0.25) is 0 Å². The molecule has 0 nitrogen and oxygen atoms in total. The molecule has 5 aromatic carbocycles. The summed E-state index contributed by atoms with van der Waals surface area (Å²) in [7, 11) is 0. The molecule has 0 saturated carbocycles. The Morgan fingerprint density at radius 3 is 1.46 bits per heavy atom. The molecule has 0 unspecified atom stereocenters. The van der Waals surface area contributed by atoms with Gasteiger partial charge in [-0.15, -0.1) is 53.1 Å². The molecule has 182 valence electrons. The summed E-state index contributed by atoms with van der Waals surface area (Å²) in [5.41, 5.74) is 9.56. The van der Waals surface area contributed by atoms with E-state index in [-0.39, 0.29) is 0 Å². The van der Waals surface area contributed by atoms with Gasteiger partial charge < -0.3 is 0 Å². The molecule has 0 aliphatic heterocycles. The molecule has 6 rings (SSSR count). The second kappa shape index (κ2) is 12.5. The van der Waals surface area contributed by atoms with Crippen LogP contribution in [0.15, 0.2) is 120 Å². The normalized spacial score (nSPS) is 12.6. The van der Waals surface area contributed by atoms with Crippen LogP contribution in [0.3, 0.4) is 0 Å². The van der Waals surface area contributed by atoms with E-state index < -0.39 is 0 Å². The third-order valence-corrected chi connectivity index (χ3v) is 8.38. The molecule has 1 aliphatic rings. The fourth-order valence-electron chi connectivity index (χ4n) is 4.49. The molecule has 0 bridgehead atoms. The fourth-order valence-corrected chi connectivity index (χ4v) is 5.31. The van der Waals surface area contributed by atoms with Gasteiger partial charge in [-0.2, -0.15) is 11.1 Å². The van der Waals surface area contributed by atoms with Crippen molar-refractivity contribution >= 4 is 24.8 Å². The number of hydrogen-bond acceptors (Lipinski definition) is 0. The summed E-state index contributed by atoms with van der Waals surface area (Å²) in [6, 6.07) is 36.7. The third kappa shape index (κ3) is 6.85. The van der Waals surface area contributed by atoms with Gasteiger partial charge in [0.2, 0.25) is 0 Å². The predicted molar refractivity (Wildman–Crippen MR) is 158 cm³/mol. The number of rotatable bonds is 2. The number of allylic oxidation sites excluding steroid dienone is 4. The Labute approximate surface area is 237 Å². The van der Waals surface area contributed by atoms with Crippen molar-refractivity contribution < 1.29 is 24.2 Å². The minimum atomic E-state index is 1.05. The zero-order valence-electron chi connectivity index (χ0n) is 22.5. The van der Waals surface area contributed by atoms with Crippen molar-refractivity contribution in [3.05, 3.63) is 148 Å². The first-order chi connectivity index (χ1) is 17.8. The van der Waals surface area contributed by atoms with Crippen molar-refractivity contribution in [2.24, 2.45) is 0 Å². The van der Waals surface area contributed by atoms with Crippen molar-refractivity contribution in [3.8, 4) is 0 Å². The molecule has 0 fully saturated rings. The van der Waals surface area contributed by atoms with Gasteiger partial charge in [0, 0.05) is 0 Å². The Morgan fingerprint density at radius 2 is 1.11 bits per heavy atom. The van der Waals surface area contributed by atoms with Crippen molar-refractivity contribution in [1.29, 1.82) is 0 Å². The van der Waals surface area contributed by atoms with Crippen LogP contribution in [0.25, 0.3) is 21.5 Å². The molecule has 0 atom stereocenters. The van der Waals surface area contributed by atoms with Crippen LogP contribution in [-0.4, -0.2) is 3.21 Å². The van der Waals surface area contributed by atoms with Crippen LogP contribution in [0.4, 0.5) is 0 Å². The molecular formula is C36H34Zr. The fraction of sp³-hybridized carbons (Fsp3) is 0.167. The first-order valence-corrected chi connectivity index (χ1v) is 14.1. The summed E-state index contributed by atoms with van der Waals surface area (Å²) in [4.78, 5) is 0. The Hall–Kier alpha value is -3.02. The van der Waals surface area contributed by atoms with Gasteiger partial charge in [0.05, 0.1) is 0 Å². The molecule has 0 radical (unpaired) electrons. The second-order valence-electron chi connectivity index (χ2n) is 9.82. The van der Waals surface area contributed by atoms with Gasteiger partial charge in [-0.3, -0.25) is 6.08 Å². The number of fused-ring (bicyclic) bond motifs is 3. The molecule has 0 N–H and O–H groups in total. The van der Waals surface area contributed by atoms with Crippen LogP contribution in [0.5, 0.6) is 0 Å². The van der Waals surface area contributed by atoms with Crippen LogP contribution in [-0.2, 0) is 24.2 Å². The van der Waals surface area contributed by atoms with Crippen LogP contribution in [0, 0.1) is 19.9 Å². The Balaban J connectivity index is 0.000000136. The molecule has 37 heavy (non-hydrogen) atoms. The average Bonchev–Trinajstić information content (AvgIpc) is 3.42. The first-order valence-electron chi connectivity index (χ1n) is 12.8. The zero-order chi connectivity index (χ0) is 26.4. The van der Waals surface area contributed by atoms with Crippen molar-refractivity contribution in [2.75, 3.05) is 0 Å². The van der Waals surface area contributed by atoms with Gasteiger partial charge in [0.1, 0.15) is 0 Å². The maximum atomic E-state index is 3.26.